The van der Waals surface area contributed by atoms with Crippen molar-refractivity contribution in [2.45, 2.75) is 57.2 Å². The molecule has 0 bridgehead atoms. The van der Waals surface area contributed by atoms with E-state index in [9.17, 15) is 13.2 Å². The molecule has 142 valence electrons. The van der Waals surface area contributed by atoms with E-state index in [-0.39, 0.29) is 28.7 Å². The number of hydrogen-bond donors (Lipinski definition) is 0. The van der Waals surface area contributed by atoms with Crippen LogP contribution in [0.5, 0.6) is 0 Å². The number of benzene rings is 1. The largest absolute Gasteiger partial charge is 0.316 e. The molecule has 2 aliphatic rings. The number of amidine groups is 1. The third-order valence-corrected chi connectivity index (χ3v) is 8.08. The fourth-order valence-corrected chi connectivity index (χ4v) is 7.31. The lowest BCUT2D eigenvalue weighted by atomic mass is 10.0. The van der Waals surface area contributed by atoms with Crippen molar-refractivity contribution in [3.63, 3.8) is 0 Å². The maximum absolute atomic E-state index is 12.2. The molecule has 26 heavy (non-hydrogen) atoms. The SMILES string of the molecule is CCCCC(=O)N=C1S[C@@H]2CS(=O)(=O)C[C@@H]2N1c1ccc(C(C)C)cc1. The zero-order valence-corrected chi connectivity index (χ0v) is 17.1. The van der Waals surface area contributed by atoms with Crippen LogP contribution >= 0.6 is 11.8 Å². The van der Waals surface area contributed by atoms with Crippen molar-refractivity contribution in [3.05, 3.63) is 29.8 Å². The Morgan fingerprint density at radius 3 is 2.58 bits per heavy atom. The number of aliphatic imine (C=N–C) groups is 1. The van der Waals surface area contributed by atoms with Gasteiger partial charge < -0.3 is 4.90 Å². The molecule has 0 saturated carbocycles. The molecule has 2 heterocycles. The highest BCUT2D eigenvalue weighted by molar-refractivity contribution is 8.16. The van der Waals surface area contributed by atoms with Gasteiger partial charge in [0, 0.05) is 17.4 Å². The molecule has 0 aromatic heterocycles. The first-order valence-electron chi connectivity index (χ1n) is 9.18. The fraction of sp³-hybridized carbons (Fsp3) is 0.579. The maximum atomic E-state index is 12.2. The molecule has 0 N–H and O–H groups in total. The minimum atomic E-state index is -3.04. The number of hydrogen-bond acceptors (Lipinski definition) is 4. The Kier molecular flexibility index (Phi) is 5.77. The van der Waals surface area contributed by atoms with Crippen molar-refractivity contribution in [2.24, 2.45) is 4.99 Å². The number of amides is 1. The highest BCUT2D eigenvalue weighted by Gasteiger charge is 2.49. The highest BCUT2D eigenvalue weighted by atomic mass is 32.2. The van der Waals surface area contributed by atoms with E-state index in [0.29, 0.717) is 17.5 Å². The average Bonchev–Trinajstić information content (AvgIpc) is 3.03. The Hall–Kier alpha value is -1.34. The second kappa shape index (κ2) is 7.72. The van der Waals surface area contributed by atoms with Gasteiger partial charge in [-0.05, 0) is 30.0 Å². The van der Waals surface area contributed by atoms with Crippen LogP contribution in [0, 0.1) is 0 Å². The Labute approximate surface area is 160 Å². The first kappa shape index (κ1) is 19.4. The monoisotopic (exact) mass is 394 g/mol. The lowest BCUT2D eigenvalue weighted by Crippen LogP contribution is -2.37. The molecule has 2 fully saturated rings. The Morgan fingerprint density at radius 2 is 1.96 bits per heavy atom. The van der Waals surface area contributed by atoms with E-state index in [4.69, 9.17) is 0 Å². The minimum absolute atomic E-state index is 0.0532. The van der Waals surface area contributed by atoms with Gasteiger partial charge >= 0.3 is 0 Å². The quantitative estimate of drug-likeness (QED) is 0.763. The molecule has 2 atom stereocenters. The van der Waals surface area contributed by atoms with Gasteiger partial charge in [0.05, 0.1) is 17.5 Å². The number of sulfone groups is 1. The van der Waals surface area contributed by atoms with Crippen molar-refractivity contribution in [1.29, 1.82) is 0 Å². The lowest BCUT2D eigenvalue weighted by Gasteiger charge is -2.25. The molecule has 0 spiro atoms. The van der Waals surface area contributed by atoms with E-state index in [1.54, 1.807) is 0 Å². The van der Waals surface area contributed by atoms with E-state index >= 15 is 0 Å². The molecule has 7 heteroatoms. The van der Waals surface area contributed by atoms with Gasteiger partial charge in [-0.2, -0.15) is 4.99 Å². The molecule has 0 aliphatic carbocycles. The van der Waals surface area contributed by atoms with E-state index in [1.807, 2.05) is 24.0 Å². The summed E-state index contributed by atoms with van der Waals surface area (Å²) in [4.78, 5) is 18.5. The van der Waals surface area contributed by atoms with Crippen LogP contribution in [0.2, 0.25) is 0 Å². The standard InChI is InChI=1S/C19H26N2O3S2/c1-4-5-6-18(22)20-19-21(15-9-7-14(8-10-15)13(2)3)16-11-26(23,24)12-17(16)25-19/h7-10,13,16-17H,4-6,11-12H2,1-3H3/t16-,17+/m0/s1. The molecule has 3 rings (SSSR count). The number of fused-ring (bicyclic) bond motifs is 1. The lowest BCUT2D eigenvalue weighted by molar-refractivity contribution is -0.117. The molecular weight excluding hydrogens is 368 g/mol. The van der Waals surface area contributed by atoms with Crippen molar-refractivity contribution < 1.29 is 13.2 Å². The Balaban J connectivity index is 1.92. The molecule has 1 aromatic rings. The van der Waals surface area contributed by atoms with Crippen LogP contribution < -0.4 is 4.90 Å². The van der Waals surface area contributed by atoms with Crippen molar-refractivity contribution in [1.82, 2.24) is 0 Å². The van der Waals surface area contributed by atoms with Gasteiger partial charge in [0.25, 0.3) is 0 Å². The van der Waals surface area contributed by atoms with Gasteiger partial charge in [-0.15, -0.1) is 0 Å². The number of carbonyl (C=O) groups excluding carboxylic acids is 1. The summed E-state index contributed by atoms with van der Waals surface area (Å²) in [5.74, 6) is 0.588. The first-order valence-corrected chi connectivity index (χ1v) is 11.9. The smallest absolute Gasteiger partial charge is 0.248 e. The van der Waals surface area contributed by atoms with Crippen LogP contribution in [0.4, 0.5) is 5.69 Å². The predicted octanol–water partition coefficient (Wildman–Crippen LogP) is 3.60. The number of rotatable bonds is 5. The number of unbranched alkanes of at least 4 members (excludes halogenated alkanes) is 1. The molecular formula is C19H26N2O3S2. The van der Waals surface area contributed by atoms with E-state index in [1.165, 1.54) is 17.3 Å². The summed E-state index contributed by atoms with van der Waals surface area (Å²) in [5, 5.41) is 0.593. The van der Waals surface area contributed by atoms with Crippen LogP contribution in [0.25, 0.3) is 0 Å². The first-order chi connectivity index (χ1) is 12.3. The second-order valence-corrected chi connectivity index (χ2v) is 10.7. The number of anilines is 1. The number of nitrogens with zero attached hydrogens (tertiary/aromatic N) is 2. The van der Waals surface area contributed by atoms with Gasteiger partial charge in [0.15, 0.2) is 15.0 Å². The summed E-state index contributed by atoms with van der Waals surface area (Å²) >= 11 is 1.43. The summed E-state index contributed by atoms with van der Waals surface area (Å²) in [5.41, 5.74) is 2.14. The third-order valence-electron chi connectivity index (χ3n) is 4.87. The van der Waals surface area contributed by atoms with Crippen LogP contribution in [0.1, 0.15) is 51.5 Å². The summed E-state index contributed by atoms with van der Waals surface area (Å²) in [6.45, 7) is 6.32. The zero-order chi connectivity index (χ0) is 18.9. The summed E-state index contributed by atoms with van der Waals surface area (Å²) in [6, 6.07) is 8.01. The Morgan fingerprint density at radius 1 is 1.27 bits per heavy atom. The minimum Gasteiger partial charge on any atom is -0.316 e. The fourth-order valence-electron chi connectivity index (χ4n) is 3.38. The van der Waals surface area contributed by atoms with Crippen LogP contribution in [-0.4, -0.2) is 42.3 Å². The Bertz CT molecular complexity index is 801. The van der Waals surface area contributed by atoms with Crippen LogP contribution in [-0.2, 0) is 14.6 Å². The predicted molar refractivity (Wildman–Crippen MR) is 109 cm³/mol. The molecule has 0 unspecified atom stereocenters. The average molecular weight is 395 g/mol. The third kappa shape index (κ3) is 4.14. The number of carbonyl (C=O) groups is 1. The highest BCUT2D eigenvalue weighted by Crippen LogP contribution is 2.41. The van der Waals surface area contributed by atoms with Gasteiger partial charge in [-0.25, -0.2) is 8.42 Å². The summed E-state index contributed by atoms with van der Waals surface area (Å²) in [6.07, 6.45) is 2.21. The number of thioether (sulfide) groups is 1. The van der Waals surface area contributed by atoms with Crippen molar-refractivity contribution >= 4 is 38.4 Å². The molecule has 0 radical (unpaired) electrons. The van der Waals surface area contributed by atoms with Gasteiger partial charge in [0.1, 0.15) is 0 Å². The van der Waals surface area contributed by atoms with E-state index < -0.39 is 9.84 Å². The molecule has 2 saturated heterocycles. The molecule has 1 aromatic carbocycles. The van der Waals surface area contributed by atoms with E-state index in [0.717, 1.165) is 18.5 Å². The van der Waals surface area contributed by atoms with Crippen LogP contribution in [0.3, 0.4) is 0 Å². The second-order valence-electron chi connectivity index (χ2n) is 7.31. The summed E-state index contributed by atoms with van der Waals surface area (Å²) in [7, 11) is -3.04. The van der Waals surface area contributed by atoms with Crippen molar-refractivity contribution in [2.75, 3.05) is 16.4 Å². The normalized spacial score (nSPS) is 25.8. The zero-order valence-electron chi connectivity index (χ0n) is 15.5. The molecule has 1 amide bonds. The van der Waals surface area contributed by atoms with Gasteiger partial charge in [0.2, 0.25) is 5.91 Å². The molecule has 5 nitrogen and oxygen atoms in total. The van der Waals surface area contributed by atoms with Gasteiger partial charge in [-0.1, -0.05) is 51.1 Å². The topological polar surface area (TPSA) is 66.8 Å². The van der Waals surface area contributed by atoms with Crippen LogP contribution in [0.15, 0.2) is 29.3 Å². The summed E-state index contributed by atoms with van der Waals surface area (Å²) < 4.78 is 24.2. The molecule has 2 aliphatic heterocycles. The van der Waals surface area contributed by atoms with E-state index in [2.05, 4.69) is 31.0 Å². The van der Waals surface area contributed by atoms with Crippen molar-refractivity contribution in [3.8, 4) is 0 Å². The van der Waals surface area contributed by atoms with Gasteiger partial charge in [-0.3, -0.25) is 4.79 Å². The maximum Gasteiger partial charge on any atom is 0.248 e.